The minimum atomic E-state index is 0.163. The van der Waals surface area contributed by atoms with Gasteiger partial charge in [-0.3, -0.25) is 9.36 Å². The first-order valence-corrected chi connectivity index (χ1v) is 8.17. The van der Waals surface area contributed by atoms with Gasteiger partial charge in [-0.1, -0.05) is 6.42 Å². The summed E-state index contributed by atoms with van der Waals surface area (Å²) in [7, 11) is 1.64. The average molecular weight is 317 g/mol. The Morgan fingerprint density at radius 1 is 1.43 bits per heavy atom. The lowest BCUT2D eigenvalue weighted by molar-refractivity contribution is -0.127. The second-order valence-corrected chi connectivity index (χ2v) is 5.75. The van der Waals surface area contributed by atoms with Crippen LogP contribution in [0.2, 0.25) is 0 Å². The minimum absolute atomic E-state index is 0.163. The Morgan fingerprint density at radius 2 is 2.26 bits per heavy atom. The molecule has 1 saturated carbocycles. The van der Waals surface area contributed by atoms with Crippen LogP contribution in [0.4, 0.5) is 0 Å². The van der Waals surface area contributed by atoms with Crippen molar-refractivity contribution in [1.82, 2.24) is 14.9 Å². The molecule has 0 radical (unpaired) electrons. The van der Waals surface area contributed by atoms with E-state index in [1.165, 1.54) is 6.42 Å². The van der Waals surface area contributed by atoms with Crippen LogP contribution in [0, 0.1) is 5.92 Å². The van der Waals surface area contributed by atoms with E-state index in [1.54, 1.807) is 7.11 Å². The van der Waals surface area contributed by atoms with Crippen LogP contribution >= 0.6 is 0 Å². The molecule has 1 N–H and O–H groups in total. The Hall–Kier alpha value is -2.24. The summed E-state index contributed by atoms with van der Waals surface area (Å²) in [5.41, 5.74) is 1.81. The molecule has 1 aliphatic carbocycles. The number of benzene rings is 1. The predicted octanol–water partition coefficient (Wildman–Crippen LogP) is 2.36. The van der Waals surface area contributed by atoms with E-state index in [2.05, 4.69) is 10.3 Å². The molecule has 6 heteroatoms. The van der Waals surface area contributed by atoms with Crippen LogP contribution in [-0.4, -0.2) is 35.7 Å². The highest BCUT2D eigenvalue weighted by Gasteiger charge is 2.24. The van der Waals surface area contributed by atoms with Crippen molar-refractivity contribution in [2.75, 3.05) is 20.3 Å². The molecule has 0 bridgehead atoms. The van der Waals surface area contributed by atoms with Crippen LogP contribution in [0.1, 0.15) is 26.2 Å². The third-order valence-electron chi connectivity index (χ3n) is 4.30. The highest BCUT2D eigenvalue weighted by Crippen LogP contribution is 2.27. The van der Waals surface area contributed by atoms with Crippen molar-refractivity contribution in [3.8, 4) is 11.8 Å². The fraction of sp³-hybridized carbons (Fsp3) is 0.529. The van der Waals surface area contributed by atoms with Crippen molar-refractivity contribution in [2.45, 2.75) is 32.7 Å². The Bertz CT molecular complexity index is 692. The van der Waals surface area contributed by atoms with E-state index in [0.717, 1.165) is 29.6 Å². The molecule has 1 fully saturated rings. The molecule has 1 amide bonds. The van der Waals surface area contributed by atoms with Crippen molar-refractivity contribution >= 4 is 16.9 Å². The van der Waals surface area contributed by atoms with E-state index in [9.17, 15) is 4.79 Å². The van der Waals surface area contributed by atoms with Gasteiger partial charge in [-0.15, -0.1) is 0 Å². The first-order chi connectivity index (χ1) is 11.2. The van der Waals surface area contributed by atoms with E-state index in [4.69, 9.17) is 9.47 Å². The molecular formula is C17H23N3O3. The molecule has 6 nitrogen and oxygen atoms in total. The number of nitrogens with one attached hydrogen (secondary N) is 1. The first kappa shape index (κ1) is 15.6. The number of aromatic nitrogens is 2. The lowest BCUT2D eigenvalue weighted by Gasteiger charge is -2.24. The van der Waals surface area contributed by atoms with Gasteiger partial charge in [0.25, 0.3) is 6.01 Å². The van der Waals surface area contributed by atoms with E-state index in [-0.39, 0.29) is 11.8 Å². The van der Waals surface area contributed by atoms with Gasteiger partial charge in [0.05, 0.1) is 24.8 Å². The van der Waals surface area contributed by atoms with Crippen LogP contribution in [-0.2, 0) is 11.3 Å². The molecular weight excluding hydrogens is 294 g/mol. The Morgan fingerprint density at radius 3 is 2.91 bits per heavy atom. The van der Waals surface area contributed by atoms with E-state index in [0.29, 0.717) is 25.7 Å². The highest BCUT2D eigenvalue weighted by atomic mass is 16.5. The molecule has 0 spiro atoms. The molecule has 1 heterocycles. The van der Waals surface area contributed by atoms with Crippen LogP contribution in [0.3, 0.4) is 0 Å². The van der Waals surface area contributed by atoms with Gasteiger partial charge in [-0.2, -0.15) is 4.98 Å². The molecule has 124 valence electrons. The largest absolute Gasteiger partial charge is 0.497 e. The van der Waals surface area contributed by atoms with Gasteiger partial charge in [-0.25, -0.2) is 0 Å². The molecule has 0 aliphatic heterocycles. The summed E-state index contributed by atoms with van der Waals surface area (Å²) in [5, 5.41) is 3.01. The van der Waals surface area contributed by atoms with Crippen molar-refractivity contribution in [1.29, 1.82) is 0 Å². The number of rotatable bonds is 7. The van der Waals surface area contributed by atoms with E-state index >= 15 is 0 Å². The summed E-state index contributed by atoms with van der Waals surface area (Å²) in [6, 6.07) is 6.32. The summed E-state index contributed by atoms with van der Waals surface area (Å²) in [6.45, 7) is 3.67. The standard InChI is InChI=1S/C17H23N3O3/c1-3-23-17-19-14-8-7-13(22-2)11-15(14)20(17)10-9-18-16(21)12-5-4-6-12/h7-8,11-12H,3-6,9-10H2,1-2H3,(H,18,21). The molecule has 1 aromatic heterocycles. The second kappa shape index (κ2) is 6.89. The smallest absolute Gasteiger partial charge is 0.297 e. The normalized spacial score (nSPS) is 14.5. The lowest BCUT2D eigenvalue weighted by Crippen LogP contribution is -2.36. The second-order valence-electron chi connectivity index (χ2n) is 5.75. The number of methoxy groups -OCH3 is 1. The number of ether oxygens (including phenoxy) is 2. The van der Waals surface area contributed by atoms with Gasteiger partial charge < -0.3 is 14.8 Å². The van der Waals surface area contributed by atoms with Crippen molar-refractivity contribution in [2.24, 2.45) is 5.92 Å². The average Bonchev–Trinajstić information content (AvgIpc) is 2.83. The zero-order valence-corrected chi connectivity index (χ0v) is 13.7. The minimum Gasteiger partial charge on any atom is -0.497 e. The first-order valence-electron chi connectivity index (χ1n) is 8.17. The van der Waals surface area contributed by atoms with Gasteiger partial charge in [0.2, 0.25) is 5.91 Å². The Kier molecular flexibility index (Phi) is 4.69. The topological polar surface area (TPSA) is 65.4 Å². The maximum atomic E-state index is 11.9. The molecule has 0 unspecified atom stereocenters. The number of fused-ring (bicyclic) bond motifs is 1. The predicted molar refractivity (Wildman–Crippen MR) is 87.8 cm³/mol. The SMILES string of the molecule is CCOc1nc2ccc(OC)cc2n1CCNC(=O)C1CCC1. The number of carbonyl (C=O) groups excluding carboxylic acids is 1. The van der Waals surface area contributed by atoms with Crippen LogP contribution < -0.4 is 14.8 Å². The van der Waals surface area contributed by atoms with E-state index < -0.39 is 0 Å². The third-order valence-corrected chi connectivity index (χ3v) is 4.30. The summed E-state index contributed by atoms with van der Waals surface area (Å²) in [4.78, 5) is 16.5. The van der Waals surface area contributed by atoms with Gasteiger partial charge in [0, 0.05) is 25.1 Å². The number of nitrogens with zero attached hydrogens (tertiary/aromatic N) is 2. The summed E-state index contributed by atoms with van der Waals surface area (Å²) < 4.78 is 12.9. The molecule has 1 aromatic carbocycles. The summed E-state index contributed by atoms with van der Waals surface area (Å²) >= 11 is 0. The third kappa shape index (κ3) is 3.25. The Labute approximate surface area is 135 Å². The molecule has 0 atom stereocenters. The number of imidazole rings is 1. The zero-order valence-electron chi connectivity index (χ0n) is 13.7. The van der Waals surface area contributed by atoms with Crippen molar-refractivity contribution < 1.29 is 14.3 Å². The number of amides is 1. The quantitative estimate of drug-likeness (QED) is 0.851. The maximum Gasteiger partial charge on any atom is 0.297 e. The van der Waals surface area contributed by atoms with Crippen LogP contribution in [0.25, 0.3) is 11.0 Å². The fourth-order valence-electron chi connectivity index (χ4n) is 2.77. The maximum absolute atomic E-state index is 11.9. The van der Waals surface area contributed by atoms with Gasteiger partial charge in [-0.05, 0) is 31.9 Å². The lowest BCUT2D eigenvalue weighted by atomic mass is 9.85. The molecule has 3 rings (SSSR count). The fourth-order valence-corrected chi connectivity index (χ4v) is 2.77. The summed E-state index contributed by atoms with van der Waals surface area (Å²) in [6.07, 6.45) is 3.20. The van der Waals surface area contributed by atoms with Gasteiger partial charge >= 0.3 is 0 Å². The molecule has 0 saturated heterocycles. The van der Waals surface area contributed by atoms with Gasteiger partial charge in [0.1, 0.15) is 5.75 Å². The summed E-state index contributed by atoms with van der Waals surface area (Å²) in [5.74, 6) is 1.15. The van der Waals surface area contributed by atoms with Crippen LogP contribution in [0.5, 0.6) is 11.8 Å². The Balaban J connectivity index is 1.76. The zero-order chi connectivity index (χ0) is 16.2. The van der Waals surface area contributed by atoms with Gasteiger partial charge in [0.15, 0.2) is 0 Å². The number of hydrogen-bond donors (Lipinski definition) is 1. The van der Waals surface area contributed by atoms with Crippen molar-refractivity contribution in [3.63, 3.8) is 0 Å². The molecule has 1 aliphatic rings. The molecule has 2 aromatic rings. The van der Waals surface area contributed by atoms with Crippen LogP contribution in [0.15, 0.2) is 18.2 Å². The number of hydrogen-bond acceptors (Lipinski definition) is 4. The monoisotopic (exact) mass is 317 g/mol. The number of carbonyl (C=O) groups is 1. The van der Waals surface area contributed by atoms with Crippen molar-refractivity contribution in [3.05, 3.63) is 18.2 Å². The highest BCUT2D eigenvalue weighted by molar-refractivity contribution is 5.80. The molecule has 23 heavy (non-hydrogen) atoms. The van der Waals surface area contributed by atoms with E-state index in [1.807, 2.05) is 29.7 Å².